The molecule has 1 aromatic heterocycles. The molecule has 1 heterocycles. The summed E-state index contributed by atoms with van der Waals surface area (Å²) in [5.41, 5.74) is 10.3. The van der Waals surface area contributed by atoms with Crippen LogP contribution in [0.25, 0.3) is 0 Å². The van der Waals surface area contributed by atoms with Crippen molar-refractivity contribution >= 4 is 39.8 Å². The topological polar surface area (TPSA) is 80.9 Å². The van der Waals surface area contributed by atoms with Crippen molar-refractivity contribution in [2.75, 3.05) is 11.1 Å². The zero-order valence-electron chi connectivity index (χ0n) is 13.9. The number of anilines is 2. The predicted octanol–water partition coefficient (Wildman–Crippen LogP) is 4.28. The van der Waals surface area contributed by atoms with Crippen LogP contribution in [0.4, 0.5) is 10.8 Å². The van der Waals surface area contributed by atoms with Crippen LogP contribution in [0.2, 0.25) is 0 Å². The van der Waals surface area contributed by atoms with Gasteiger partial charge in [-0.15, -0.1) is 10.2 Å². The van der Waals surface area contributed by atoms with Gasteiger partial charge in [-0.2, -0.15) is 0 Å². The highest BCUT2D eigenvalue weighted by Crippen LogP contribution is 2.27. The van der Waals surface area contributed by atoms with Crippen LogP contribution in [0.3, 0.4) is 0 Å². The molecular weight excluding hydrogens is 352 g/mol. The predicted molar refractivity (Wildman–Crippen MR) is 104 cm³/mol. The van der Waals surface area contributed by atoms with E-state index in [-0.39, 0.29) is 5.91 Å². The fraction of sp³-hybridized carbons (Fsp3) is 0.167. The number of hydrogen-bond donors (Lipinski definition) is 2. The van der Waals surface area contributed by atoms with E-state index in [0.717, 1.165) is 32.5 Å². The minimum atomic E-state index is -0.103. The SMILES string of the molecule is Cc1cccc(C)c1NC(=O)c1ccc(CSc2nnc(N)s2)cc1. The number of nitrogens with two attached hydrogens (primary N) is 1. The molecular formula is C18H18N4OS2. The van der Waals surface area contributed by atoms with Crippen LogP contribution in [0.5, 0.6) is 0 Å². The second-order valence-electron chi connectivity index (χ2n) is 5.61. The molecule has 7 heteroatoms. The van der Waals surface area contributed by atoms with Crippen LogP contribution in [-0.4, -0.2) is 16.1 Å². The van der Waals surface area contributed by atoms with Crippen molar-refractivity contribution in [3.05, 3.63) is 64.7 Å². The Morgan fingerprint density at radius 2 is 1.80 bits per heavy atom. The molecule has 0 aliphatic heterocycles. The van der Waals surface area contributed by atoms with E-state index in [1.54, 1.807) is 11.8 Å². The molecule has 0 atom stereocenters. The van der Waals surface area contributed by atoms with Gasteiger partial charge in [0.05, 0.1) is 0 Å². The molecule has 0 unspecified atom stereocenters. The van der Waals surface area contributed by atoms with E-state index >= 15 is 0 Å². The molecule has 2 aromatic carbocycles. The maximum atomic E-state index is 12.5. The van der Waals surface area contributed by atoms with Gasteiger partial charge in [-0.05, 0) is 42.7 Å². The number of para-hydroxylation sites is 1. The number of aryl methyl sites for hydroxylation is 2. The highest BCUT2D eigenvalue weighted by atomic mass is 32.2. The molecule has 3 rings (SSSR count). The molecule has 0 radical (unpaired) electrons. The summed E-state index contributed by atoms with van der Waals surface area (Å²) in [6, 6.07) is 13.6. The summed E-state index contributed by atoms with van der Waals surface area (Å²) in [6.45, 7) is 3.98. The quantitative estimate of drug-likeness (QED) is 0.655. The van der Waals surface area contributed by atoms with E-state index in [2.05, 4.69) is 15.5 Å². The Bertz CT molecular complexity index is 870. The first-order valence-electron chi connectivity index (χ1n) is 7.71. The van der Waals surface area contributed by atoms with Gasteiger partial charge in [-0.1, -0.05) is 53.4 Å². The van der Waals surface area contributed by atoms with Gasteiger partial charge in [0.2, 0.25) is 5.13 Å². The number of carbonyl (C=O) groups is 1. The largest absolute Gasteiger partial charge is 0.374 e. The highest BCUT2D eigenvalue weighted by molar-refractivity contribution is 8.00. The molecule has 0 spiro atoms. The molecule has 5 nitrogen and oxygen atoms in total. The first-order chi connectivity index (χ1) is 12.0. The number of carbonyl (C=O) groups excluding carboxylic acids is 1. The van der Waals surface area contributed by atoms with Gasteiger partial charge >= 0.3 is 0 Å². The second-order valence-corrected chi connectivity index (χ2v) is 7.84. The Labute approximate surface area is 154 Å². The maximum absolute atomic E-state index is 12.5. The first-order valence-corrected chi connectivity index (χ1v) is 9.51. The van der Waals surface area contributed by atoms with Crippen molar-refractivity contribution < 1.29 is 4.79 Å². The highest BCUT2D eigenvalue weighted by Gasteiger charge is 2.10. The molecule has 0 bridgehead atoms. The fourth-order valence-corrected chi connectivity index (χ4v) is 3.97. The summed E-state index contributed by atoms with van der Waals surface area (Å²) in [5, 5.41) is 11.2. The lowest BCUT2D eigenvalue weighted by molar-refractivity contribution is 0.102. The third-order valence-electron chi connectivity index (χ3n) is 3.72. The Balaban J connectivity index is 1.64. The Morgan fingerprint density at radius 3 is 2.40 bits per heavy atom. The molecule has 0 aliphatic rings. The summed E-state index contributed by atoms with van der Waals surface area (Å²) < 4.78 is 0.842. The lowest BCUT2D eigenvalue weighted by Crippen LogP contribution is -2.13. The van der Waals surface area contributed by atoms with Crippen molar-refractivity contribution in [2.24, 2.45) is 0 Å². The van der Waals surface area contributed by atoms with E-state index < -0.39 is 0 Å². The number of nitrogen functional groups attached to an aromatic ring is 1. The molecule has 3 N–H and O–H groups in total. The molecule has 0 fully saturated rings. The summed E-state index contributed by atoms with van der Waals surface area (Å²) in [7, 11) is 0. The average Bonchev–Trinajstić information content (AvgIpc) is 3.02. The first kappa shape index (κ1) is 17.4. The monoisotopic (exact) mass is 370 g/mol. The van der Waals surface area contributed by atoms with Gasteiger partial charge in [0.25, 0.3) is 5.91 Å². The van der Waals surface area contributed by atoms with Crippen molar-refractivity contribution in [1.29, 1.82) is 0 Å². The van der Waals surface area contributed by atoms with Gasteiger partial charge in [0, 0.05) is 17.0 Å². The van der Waals surface area contributed by atoms with Crippen molar-refractivity contribution in [3.8, 4) is 0 Å². The zero-order chi connectivity index (χ0) is 17.8. The molecule has 0 saturated carbocycles. The normalized spacial score (nSPS) is 10.6. The lowest BCUT2D eigenvalue weighted by atomic mass is 10.1. The van der Waals surface area contributed by atoms with E-state index in [1.807, 2.05) is 56.3 Å². The van der Waals surface area contributed by atoms with E-state index in [9.17, 15) is 4.79 Å². The number of rotatable bonds is 5. The third-order valence-corrected chi connectivity index (χ3v) is 5.68. The van der Waals surface area contributed by atoms with Crippen LogP contribution >= 0.6 is 23.1 Å². The fourth-order valence-electron chi connectivity index (χ4n) is 2.37. The Morgan fingerprint density at radius 1 is 1.12 bits per heavy atom. The van der Waals surface area contributed by atoms with Gasteiger partial charge < -0.3 is 11.1 Å². The smallest absolute Gasteiger partial charge is 0.255 e. The Hall–Kier alpha value is -2.38. The molecule has 128 valence electrons. The van der Waals surface area contributed by atoms with Gasteiger partial charge in [0.15, 0.2) is 4.34 Å². The van der Waals surface area contributed by atoms with Crippen LogP contribution in [-0.2, 0) is 5.75 Å². The number of nitrogens with zero attached hydrogens (tertiary/aromatic N) is 2. The van der Waals surface area contributed by atoms with Crippen molar-refractivity contribution in [2.45, 2.75) is 23.9 Å². The molecule has 25 heavy (non-hydrogen) atoms. The van der Waals surface area contributed by atoms with Gasteiger partial charge in [-0.25, -0.2) is 0 Å². The number of amides is 1. The minimum Gasteiger partial charge on any atom is -0.374 e. The van der Waals surface area contributed by atoms with Crippen LogP contribution < -0.4 is 11.1 Å². The minimum absolute atomic E-state index is 0.103. The molecule has 0 aliphatic carbocycles. The lowest BCUT2D eigenvalue weighted by Gasteiger charge is -2.11. The molecule has 3 aromatic rings. The number of aromatic nitrogens is 2. The molecule has 0 saturated heterocycles. The summed E-state index contributed by atoms with van der Waals surface area (Å²) in [4.78, 5) is 12.5. The van der Waals surface area contributed by atoms with Gasteiger partial charge in [0.1, 0.15) is 0 Å². The number of benzene rings is 2. The zero-order valence-corrected chi connectivity index (χ0v) is 15.6. The van der Waals surface area contributed by atoms with Crippen LogP contribution in [0.15, 0.2) is 46.8 Å². The summed E-state index contributed by atoms with van der Waals surface area (Å²) >= 11 is 2.95. The standard InChI is InChI=1S/C18H18N4OS2/c1-11-4-3-5-12(2)15(11)20-16(23)14-8-6-13(7-9-14)10-24-18-22-21-17(19)25-18/h3-9H,10H2,1-2H3,(H2,19,21)(H,20,23). The van der Waals surface area contributed by atoms with Crippen molar-refractivity contribution in [3.63, 3.8) is 0 Å². The molecule has 1 amide bonds. The number of thioether (sulfide) groups is 1. The summed E-state index contributed by atoms with van der Waals surface area (Å²) in [5.74, 6) is 0.654. The van der Waals surface area contributed by atoms with Crippen LogP contribution in [0.1, 0.15) is 27.0 Å². The second kappa shape index (κ2) is 7.67. The number of hydrogen-bond acceptors (Lipinski definition) is 6. The Kier molecular flexibility index (Phi) is 5.35. The van der Waals surface area contributed by atoms with Gasteiger partial charge in [-0.3, -0.25) is 4.79 Å². The van der Waals surface area contributed by atoms with E-state index in [1.165, 1.54) is 11.3 Å². The van der Waals surface area contributed by atoms with E-state index in [4.69, 9.17) is 5.73 Å². The van der Waals surface area contributed by atoms with Crippen LogP contribution in [0, 0.1) is 13.8 Å². The average molecular weight is 371 g/mol. The van der Waals surface area contributed by atoms with E-state index in [0.29, 0.717) is 10.7 Å². The van der Waals surface area contributed by atoms with Crippen molar-refractivity contribution in [1.82, 2.24) is 10.2 Å². The maximum Gasteiger partial charge on any atom is 0.255 e. The third kappa shape index (κ3) is 4.37. The summed E-state index contributed by atoms with van der Waals surface area (Å²) in [6.07, 6.45) is 0. The number of nitrogens with one attached hydrogen (secondary N) is 1.